The molecule has 2 unspecified atom stereocenters. The van der Waals surface area contributed by atoms with Gasteiger partial charge in [0.2, 0.25) is 0 Å². The molecule has 2 rings (SSSR count). The average molecular weight is 326 g/mol. The predicted molar refractivity (Wildman–Crippen MR) is 79.9 cm³/mol. The Bertz CT molecular complexity index is 603. The Labute approximate surface area is 133 Å². The lowest BCUT2D eigenvalue weighted by Gasteiger charge is -2.32. The fourth-order valence-corrected chi connectivity index (χ4v) is 2.94. The molecule has 2 atom stereocenters. The topological polar surface area (TPSA) is 75.0 Å². The summed E-state index contributed by atoms with van der Waals surface area (Å²) in [5.41, 5.74) is -0.000489. The van der Waals surface area contributed by atoms with Gasteiger partial charge in [0.25, 0.3) is 0 Å². The number of esters is 1. The van der Waals surface area contributed by atoms with Crippen molar-refractivity contribution >= 4 is 23.4 Å². The number of ether oxygens (including phenoxy) is 1. The van der Waals surface area contributed by atoms with Crippen LogP contribution in [0.1, 0.15) is 37.7 Å². The highest BCUT2D eigenvalue weighted by Crippen LogP contribution is 2.31. The van der Waals surface area contributed by atoms with Crippen molar-refractivity contribution in [3.63, 3.8) is 0 Å². The molecule has 1 N–H and O–H groups in total. The Hall–Kier alpha value is -1.87. The zero-order chi connectivity index (χ0) is 16.1. The largest absolute Gasteiger partial charge is 0.469 e. The minimum absolute atomic E-state index is 0.000489. The Morgan fingerprint density at radius 1 is 1.59 bits per heavy atom. The Kier molecular flexibility index (Phi) is 5.56. The van der Waals surface area contributed by atoms with Crippen LogP contribution in [0, 0.1) is 23.1 Å². The van der Waals surface area contributed by atoms with Crippen LogP contribution in [0.25, 0.3) is 0 Å². The van der Waals surface area contributed by atoms with Gasteiger partial charge in [0.15, 0.2) is 11.6 Å². The van der Waals surface area contributed by atoms with Crippen molar-refractivity contribution in [2.75, 3.05) is 12.4 Å². The number of nitrogens with zero attached hydrogens (tertiary/aromatic N) is 2. The molecule has 118 valence electrons. The molecule has 5 nitrogen and oxygen atoms in total. The molecule has 0 saturated heterocycles. The first-order valence-electron chi connectivity index (χ1n) is 7.14. The summed E-state index contributed by atoms with van der Waals surface area (Å²) in [7, 11) is 1.36. The highest BCUT2D eigenvalue weighted by atomic mass is 35.5. The van der Waals surface area contributed by atoms with Gasteiger partial charge < -0.3 is 10.1 Å². The van der Waals surface area contributed by atoms with Gasteiger partial charge >= 0.3 is 5.97 Å². The van der Waals surface area contributed by atoms with Crippen LogP contribution in [0.5, 0.6) is 0 Å². The zero-order valence-electron chi connectivity index (χ0n) is 12.2. The van der Waals surface area contributed by atoms with E-state index < -0.39 is 5.82 Å². The maximum atomic E-state index is 14.0. The molecular formula is C15H17ClFN3O2. The van der Waals surface area contributed by atoms with Crippen molar-refractivity contribution in [2.24, 2.45) is 5.92 Å². The first-order valence-corrected chi connectivity index (χ1v) is 7.52. The molecular weight excluding hydrogens is 309 g/mol. The fraction of sp³-hybridized carbons (Fsp3) is 0.533. The van der Waals surface area contributed by atoms with Crippen LogP contribution in [0.2, 0.25) is 5.15 Å². The van der Waals surface area contributed by atoms with Crippen molar-refractivity contribution < 1.29 is 13.9 Å². The summed E-state index contributed by atoms with van der Waals surface area (Å²) in [5, 5.41) is 11.8. The normalized spacial score (nSPS) is 21.0. The van der Waals surface area contributed by atoms with Gasteiger partial charge in [-0.05, 0) is 24.8 Å². The zero-order valence-corrected chi connectivity index (χ0v) is 13.0. The van der Waals surface area contributed by atoms with E-state index in [1.807, 2.05) is 0 Å². The standard InChI is InChI=1S/C15H17ClFN3O2/c1-22-13(21)7-9-4-2-3-5-12(9)19-15-11(17)6-10(8-18)14(16)20-15/h6,9,12H,2-5,7H2,1H3,(H,19,20). The molecule has 22 heavy (non-hydrogen) atoms. The molecule has 0 radical (unpaired) electrons. The fourth-order valence-electron chi connectivity index (χ4n) is 2.76. The van der Waals surface area contributed by atoms with Crippen LogP contribution in [0.15, 0.2) is 6.07 Å². The van der Waals surface area contributed by atoms with E-state index in [2.05, 4.69) is 10.3 Å². The van der Waals surface area contributed by atoms with Crippen molar-refractivity contribution in [3.05, 3.63) is 22.6 Å². The van der Waals surface area contributed by atoms with Gasteiger partial charge in [0.05, 0.1) is 19.1 Å². The van der Waals surface area contributed by atoms with E-state index in [-0.39, 0.29) is 34.5 Å². The van der Waals surface area contributed by atoms with Crippen LogP contribution >= 0.6 is 11.6 Å². The first-order chi connectivity index (χ1) is 10.5. The first kappa shape index (κ1) is 16.5. The molecule has 0 spiro atoms. The van der Waals surface area contributed by atoms with E-state index in [0.717, 1.165) is 31.7 Å². The lowest BCUT2D eigenvalue weighted by atomic mass is 9.82. The molecule has 1 saturated carbocycles. The summed E-state index contributed by atoms with van der Waals surface area (Å²) in [5.74, 6) is -0.809. The van der Waals surface area contributed by atoms with Gasteiger partial charge in [-0.1, -0.05) is 24.4 Å². The van der Waals surface area contributed by atoms with Crippen molar-refractivity contribution in [3.8, 4) is 6.07 Å². The van der Waals surface area contributed by atoms with E-state index in [1.54, 1.807) is 6.07 Å². The number of carbonyl (C=O) groups is 1. The van der Waals surface area contributed by atoms with E-state index in [1.165, 1.54) is 7.11 Å². The van der Waals surface area contributed by atoms with Crippen LogP contribution in [-0.2, 0) is 9.53 Å². The molecule has 1 aromatic heterocycles. The van der Waals surface area contributed by atoms with Gasteiger partial charge in [-0.3, -0.25) is 4.79 Å². The lowest BCUT2D eigenvalue weighted by Crippen LogP contribution is -2.34. The molecule has 1 aromatic rings. The van der Waals surface area contributed by atoms with Crippen LogP contribution in [0.3, 0.4) is 0 Å². The van der Waals surface area contributed by atoms with Crippen LogP contribution in [-0.4, -0.2) is 24.1 Å². The maximum Gasteiger partial charge on any atom is 0.305 e. The Morgan fingerprint density at radius 2 is 2.32 bits per heavy atom. The summed E-state index contributed by atoms with van der Waals surface area (Å²) >= 11 is 5.85. The molecule has 1 fully saturated rings. The van der Waals surface area contributed by atoms with Crippen molar-refractivity contribution in [1.29, 1.82) is 5.26 Å². The molecule has 0 aliphatic heterocycles. The quantitative estimate of drug-likeness (QED) is 0.679. The second kappa shape index (κ2) is 7.41. The third-order valence-corrected chi connectivity index (χ3v) is 4.23. The molecule has 1 aliphatic carbocycles. The van der Waals surface area contributed by atoms with Gasteiger partial charge in [-0.2, -0.15) is 5.26 Å². The number of anilines is 1. The maximum absolute atomic E-state index is 14.0. The van der Waals surface area contributed by atoms with E-state index in [9.17, 15) is 9.18 Å². The molecule has 7 heteroatoms. The van der Waals surface area contributed by atoms with Gasteiger partial charge in [-0.25, -0.2) is 9.37 Å². The van der Waals surface area contributed by atoms with E-state index in [4.69, 9.17) is 21.6 Å². The molecule has 1 heterocycles. The number of rotatable bonds is 4. The lowest BCUT2D eigenvalue weighted by molar-refractivity contribution is -0.142. The molecule has 1 aliphatic rings. The Morgan fingerprint density at radius 3 is 3.00 bits per heavy atom. The summed E-state index contributed by atoms with van der Waals surface area (Å²) < 4.78 is 18.7. The minimum Gasteiger partial charge on any atom is -0.469 e. The summed E-state index contributed by atoms with van der Waals surface area (Å²) in [4.78, 5) is 15.4. The average Bonchev–Trinajstić information content (AvgIpc) is 2.52. The third kappa shape index (κ3) is 3.86. The summed E-state index contributed by atoms with van der Waals surface area (Å²) in [6.07, 6.45) is 4.02. The highest BCUT2D eigenvalue weighted by molar-refractivity contribution is 6.30. The van der Waals surface area contributed by atoms with E-state index >= 15 is 0 Å². The number of nitriles is 1. The number of hydrogen-bond acceptors (Lipinski definition) is 5. The number of aromatic nitrogens is 1. The Balaban J connectivity index is 2.15. The van der Waals surface area contributed by atoms with Gasteiger partial charge in [0.1, 0.15) is 11.2 Å². The number of pyridine rings is 1. The third-order valence-electron chi connectivity index (χ3n) is 3.94. The SMILES string of the molecule is COC(=O)CC1CCCCC1Nc1nc(Cl)c(C#N)cc1F. The summed E-state index contributed by atoms with van der Waals surface area (Å²) in [6.45, 7) is 0. The van der Waals surface area contributed by atoms with Crippen LogP contribution < -0.4 is 5.32 Å². The van der Waals surface area contributed by atoms with Gasteiger partial charge in [-0.15, -0.1) is 0 Å². The second-order valence-electron chi connectivity index (χ2n) is 5.34. The summed E-state index contributed by atoms with van der Waals surface area (Å²) in [6, 6.07) is 2.78. The number of carbonyl (C=O) groups excluding carboxylic acids is 1. The second-order valence-corrected chi connectivity index (χ2v) is 5.70. The molecule has 0 bridgehead atoms. The smallest absolute Gasteiger partial charge is 0.305 e. The minimum atomic E-state index is -0.622. The monoisotopic (exact) mass is 325 g/mol. The number of methoxy groups -OCH3 is 1. The van der Waals surface area contributed by atoms with Crippen molar-refractivity contribution in [2.45, 2.75) is 38.1 Å². The predicted octanol–water partition coefficient (Wildman–Crippen LogP) is 3.28. The molecule has 0 aromatic carbocycles. The van der Waals surface area contributed by atoms with Crippen LogP contribution in [0.4, 0.5) is 10.2 Å². The van der Waals surface area contributed by atoms with Gasteiger partial charge in [0, 0.05) is 6.04 Å². The number of halogens is 2. The molecule has 0 amide bonds. The highest BCUT2D eigenvalue weighted by Gasteiger charge is 2.28. The van der Waals surface area contributed by atoms with Crippen molar-refractivity contribution in [1.82, 2.24) is 4.98 Å². The number of nitrogens with one attached hydrogen (secondary N) is 1. The number of hydrogen-bond donors (Lipinski definition) is 1. The van der Waals surface area contributed by atoms with E-state index in [0.29, 0.717) is 6.42 Å².